The van der Waals surface area contributed by atoms with Gasteiger partial charge in [0.1, 0.15) is 6.04 Å². The molecule has 0 saturated carbocycles. The van der Waals surface area contributed by atoms with Gasteiger partial charge in [-0.1, -0.05) is 30.3 Å². The number of rotatable bonds is 6. The number of piperazine rings is 1. The van der Waals surface area contributed by atoms with Crippen molar-refractivity contribution in [3.8, 4) is 0 Å². The number of guanidine groups is 1. The number of amides is 1. The normalized spacial score (nSPS) is 15.5. The number of hydrogen-bond acceptors (Lipinski definition) is 3. The highest BCUT2D eigenvalue weighted by Crippen LogP contribution is 2.36. The first kappa shape index (κ1) is 35.3. The van der Waals surface area contributed by atoms with Gasteiger partial charge in [0.05, 0.1) is 11.1 Å². The summed E-state index contributed by atoms with van der Waals surface area (Å²) in [5, 5.41) is 3.04. The Hall–Kier alpha value is -2.70. The van der Waals surface area contributed by atoms with E-state index >= 15 is 0 Å². The van der Waals surface area contributed by atoms with E-state index in [9.17, 15) is 31.1 Å². The minimum atomic E-state index is -4.92. The zero-order valence-electron chi connectivity index (χ0n) is 22.2. The number of alkyl halides is 6. The lowest BCUT2D eigenvalue weighted by Crippen LogP contribution is -2.54. The second-order valence-corrected chi connectivity index (χ2v) is 9.06. The predicted molar refractivity (Wildman–Crippen MR) is 147 cm³/mol. The van der Waals surface area contributed by atoms with Crippen molar-refractivity contribution in [1.82, 2.24) is 20.0 Å². The zero-order valence-corrected chi connectivity index (χ0v) is 23.9. The van der Waals surface area contributed by atoms with Crippen LogP contribution >= 0.6 is 24.8 Å². The lowest BCUT2D eigenvalue weighted by molar-refractivity contribution is -0.143. The molecule has 1 amide bonds. The maximum Gasteiger partial charge on any atom is 0.416 e. The van der Waals surface area contributed by atoms with Crippen LogP contribution in [0.1, 0.15) is 28.3 Å². The lowest BCUT2D eigenvalue weighted by atomic mass is 10.0. The molecule has 0 aromatic heterocycles. The Morgan fingerprint density at radius 1 is 0.950 bits per heavy atom. The van der Waals surface area contributed by atoms with Gasteiger partial charge >= 0.3 is 12.4 Å². The summed E-state index contributed by atoms with van der Waals surface area (Å²) >= 11 is 0. The van der Waals surface area contributed by atoms with Gasteiger partial charge in [0.25, 0.3) is 0 Å². The molecule has 0 radical (unpaired) electrons. The predicted octanol–water partition coefficient (Wildman–Crippen LogP) is 5.13. The van der Waals surface area contributed by atoms with Crippen LogP contribution in [0.2, 0.25) is 0 Å². The molecule has 224 valence electrons. The molecule has 6 nitrogen and oxygen atoms in total. The Morgan fingerprint density at radius 3 is 1.93 bits per heavy atom. The monoisotopic (exact) mass is 615 g/mol. The molecule has 0 aliphatic carbocycles. The molecular formula is C26H33Cl2F6N5O. The Bertz CT molecular complexity index is 1090. The number of hydrogen-bond donors (Lipinski definition) is 1. The number of benzene rings is 2. The van der Waals surface area contributed by atoms with Crippen LogP contribution in [-0.4, -0.2) is 80.4 Å². The second kappa shape index (κ2) is 14.8. The lowest BCUT2D eigenvalue weighted by Gasteiger charge is -2.40. The van der Waals surface area contributed by atoms with E-state index in [1.807, 2.05) is 35.2 Å². The summed E-state index contributed by atoms with van der Waals surface area (Å²) in [6.07, 6.45) is -10.0. The van der Waals surface area contributed by atoms with E-state index in [2.05, 4.69) is 15.2 Å². The number of likely N-dealkylation sites (N-methyl/N-ethyl adjacent to an activating group) is 1. The summed E-state index contributed by atoms with van der Waals surface area (Å²) in [6.45, 7) is 2.31. The van der Waals surface area contributed by atoms with Gasteiger partial charge in [-0.3, -0.25) is 14.7 Å². The number of aliphatic imine (C=N–C) groups is 1. The van der Waals surface area contributed by atoms with E-state index in [-0.39, 0.29) is 55.3 Å². The van der Waals surface area contributed by atoms with Crippen molar-refractivity contribution in [1.29, 1.82) is 0 Å². The average molecular weight is 616 g/mol. The molecule has 1 atom stereocenters. The van der Waals surface area contributed by atoms with E-state index in [1.165, 1.54) is 11.9 Å². The molecule has 1 saturated heterocycles. The van der Waals surface area contributed by atoms with E-state index in [0.717, 1.165) is 11.5 Å². The third-order valence-electron chi connectivity index (χ3n) is 6.52. The van der Waals surface area contributed by atoms with Crippen molar-refractivity contribution in [2.24, 2.45) is 4.99 Å². The molecule has 0 spiro atoms. The van der Waals surface area contributed by atoms with Crippen LogP contribution < -0.4 is 5.32 Å². The molecule has 1 aliphatic rings. The van der Waals surface area contributed by atoms with Gasteiger partial charge in [0, 0.05) is 53.9 Å². The first-order valence-electron chi connectivity index (χ1n) is 12.1. The van der Waals surface area contributed by atoms with E-state index in [0.29, 0.717) is 38.3 Å². The van der Waals surface area contributed by atoms with Crippen LogP contribution in [-0.2, 0) is 23.6 Å². The minimum Gasteiger partial charge on any atom is -0.359 e. The van der Waals surface area contributed by atoms with Crippen molar-refractivity contribution in [2.75, 3.05) is 53.9 Å². The summed E-state index contributed by atoms with van der Waals surface area (Å²) in [6, 6.07) is 9.99. The van der Waals surface area contributed by atoms with Gasteiger partial charge < -0.3 is 15.1 Å². The van der Waals surface area contributed by atoms with Crippen LogP contribution in [0, 0.1) is 0 Å². The number of nitrogens with one attached hydrogen (secondary N) is 1. The highest BCUT2D eigenvalue weighted by Gasteiger charge is 2.37. The van der Waals surface area contributed by atoms with E-state index in [4.69, 9.17) is 0 Å². The Morgan fingerprint density at radius 2 is 1.48 bits per heavy atom. The molecule has 1 aliphatic heterocycles. The van der Waals surface area contributed by atoms with Crippen LogP contribution in [0.4, 0.5) is 26.3 Å². The van der Waals surface area contributed by atoms with E-state index in [1.54, 1.807) is 14.1 Å². The molecule has 1 N–H and O–H groups in total. The van der Waals surface area contributed by atoms with Crippen molar-refractivity contribution in [3.05, 3.63) is 70.8 Å². The van der Waals surface area contributed by atoms with Crippen molar-refractivity contribution in [2.45, 2.75) is 24.8 Å². The van der Waals surface area contributed by atoms with E-state index < -0.39 is 29.5 Å². The largest absolute Gasteiger partial charge is 0.416 e. The van der Waals surface area contributed by atoms with Crippen molar-refractivity contribution >= 4 is 36.7 Å². The minimum absolute atomic E-state index is 0. The fourth-order valence-electron chi connectivity index (χ4n) is 4.53. The molecule has 0 bridgehead atoms. The molecule has 0 unspecified atom stereocenters. The van der Waals surface area contributed by atoms with Crippen LogP contribution in [0.25, 0.3) is 0 Å². The average Bonchev–Trinajstić information content (AvgIpc) is 2.88. The van der Waals surface area contributed by atoms with Gasteiger partial charge in [-0.05, 0) is 35.7 Å². The number of nitrogens with zero attached hydrogens (tertiary/aromatic N) is 4. The van der Waals surface area contributed by atoms with Gasteiger partial charge in [0.2, 0.25) is 5.91 Å². The third kappa shape index (κ3) is 8.90. The third-order valence-corrected chi connectivity index (χ3v) is 6.52. The summed E-state index contributed by atoms with van der Waals surface area (Å²) in [5.74, 6) is 0.453. The zero-order chi connectivity index (χ0) is 28.1. The first-order chi connectivity index (χ1) is 17.8. The topological polar surface area (TPSA) is 51.2 Å². The highest BCUT2D eigenvalue weighted by atomic mass is 35.5. The smallest absolute Gasteiger partial charge is 0.359 e. The Kier molecular flexibility index (Phi) is 13.1. The number of carbonyl (C=O) groups excluding carboxylic acids is 1. The first-order valence-corrected chi connectivity index (χ1v) is 12.1. The van der Waals surface area contributed by atoms with Crippen LogP contribution in [0.5, 0.6) is 0 Å². The Balaban J connectivity index is 0.00000400. The van der Waals surface area contributed by atoms with Gasteiger partial charge in [0.15, 0.2) is 5.96 Å². The summed E-state index contributed by atoms with van der Waals surface area (Å²) in [7, 11) is 4.98. The molecule has 2 aromatic carbocycles. The highest BCUT2D eigenvalue weighted by molar-refractivity contribution is 5.85. The standard InChI is InChI=1S/C26H31F6N5O.2ClH/c1-33-24(34-2)37-13-11-36(12-14-37)22(19-7-5-4-6-8-19)23(38)35(3)10-9-18-15-20(25(27,28)29)17-21(16-18)26(30,31)32;;/h4-8,15-17,22H,9-14H2,1-3H3,(H,33,34);2*1H/t22-;;/m0../s1. The second-order valence-electron chi connectivity index (χ2n) is 9.06. The van der Waals surface area contributed by atoms with Crippen LogP contribution in [0.15, 0.2) is 53.5 Å². The van der Waals surface area contributed by atoms with Gasteiger partial charge in [-0.15, -0.1) is 24.8 Å². The van der Waals surface area contributed by atoms with Crippen molar-refractivity contribution in [3.63, 3.8) is 0 Å². The van der Waals surface area contributed by atoms with Gasteiger partial charge in [-0.25, -0.2) is 0 Å². The molecular weight excluding hydrogens is 583 g/mol. The molecule has 1 heterocycles. The fraction of sp³-hybridized carbons (Fsp3) is 0.462. The summed E-state index contributed by atoms with van der Waals surface area (Å²) in [4.78, 5) is 23.3. The molecule has 3 rings (SSSR count). The maximum atomic E-state index is 13.6. The quantitative estimate of drug-likeness (QED) is 0.278. The van der Waals surface area contributed by atoms with Crippen LogP contribution in [0.3, 0.4) is 0 Å². The molecule has 2 aromatic rings. The SMILES string of the molecule is CN=C(NC)N1CCN([C@H](C(=O)N(C)CCc2cc(C(F)(F)F)cc(C(F)(F)F)c2)c2ccccc2)CC1.Cl.Cl. The summed E-state index contributed by atoms with van der Waals surface area (Å²) in [5.41, 5.74) is -2.12. The molecule has 40 heavy (non-hydrogen) atoms. The Labute approximate surface area is 242 Å². The fourth-order valence-corrected chi connectivity index (χ4v) is 4.53. The number of halogens is 8. The van der Waals surface area contributed by atoms with Crippen molar-refractivity contribution < 1.29 is 31.1 Å². The number of carbonyl (C=O) groups is 1. The van der Waals surface area contributed by atoms with Gasteiger partial charge in [-0.2, -0.15) is 26.3 Å². The molecule has 14 heteroatoms. The maximum absolute atomic E-state index is 13.6. The molecule has 1 fully saturated rings. The summed E-state index contributed by atoms with van der Waals surface area (Å²) < 4.78 is 79.4.